The number of aliphatic hydroxyl groups is 1. The molecule has 0 aliphatic carbocycles. The number of nitrogens with zero attached hydrogens (tertiary/aromatic N) is 2. The van der Waals surface area contributed by atoms with E-state index in [1.54, 1.807) is 6.07 Å². The lowest BCUT2D eigenvalue weighted by Gasteiger charge is -2.11. The van der Waals surface area contributed by atoms with Gasteiger partial charge in [-0.1, -0.05) is 0 Å². The van der Waals surface area contributed by atoms with Gasteiger partial charge in [-0.25, -0.2) is 14.9 Å². The zero-order valence-corrected chi connectivity index (χ0v) is 15.6. The predicted octanol–water partition coefficient (Wildman–Crippen LogP) is 1.76. The number of aliphatic hydroxyl groups excluding tert-OH is 1. The number of anilines is 2. The summed E-state index contributed by atoms with van der Waals surface area (Å²) >= 11 is 1.98. The van der Waals surface area contributed by atoms with Crippen molar-refractivity contribution in [3.8, 4) is 0 Å². The molecular formula is C15H16FIN4O4. The predicted molar refractivity (Wildman–Crippen MR) is 96.1 cm³/mol. The van der Waals surface area contributed by atoms with Crippen LogP contribution in [-0.4, -0.2) is 39.6 Å². The van der Waals surface area contributed by atoms with Crippen molar-refractivity contribution < 1.29 is 23.9 Å². The number of hydroxylamine groups is 1. The molecule has 0 aliphatic rings. The smallest absolute Gasteiger partial charge is 0.297 e. The number of hydrogen-bond acceptors (Lipinski definition) is 6. The van der Waals surface area contributed by atoms with E-state index < -0.39 is 11.7 Å². The molecule has 134 valence electrons. The van der Waals surface area contributed by atoms with Crippen molar-refractivity contribution in [3.05, 3.63) is 39.1 Å². The van der Waals surface area contributed by atoms with Crippen molar-refractivity contribution in [2.75, 3.05) is 18.5 Å². The summed E-state index contributed by atoms with van der Waals surface area (Å²) in [7, 11) is 1.53. The zero-order chi connectivity index (χ0) is 18.6. The van der Waals surface area contributed by atoms with Crippen LogP contribution in [0.5, 0.6) is 0 Å². The topological polar surface area (TPSA) is 105 Å². The second-order valence-electron chi connectivity index (χ2n) is 5.00. The minimum absolute atomic E-state index is 0.0285. The Balaban J connectivity index is 2.40. The Bertz CT molecular complexity index is 809. The number of rotatable bonds is 7. The van der Waals surface area contributed by atoms with Gasteiger partial charge in [0.2, 0.25) is 0 Å². The van der Waals surface area contributed by atoms with Crippen LogP contribution in [0, 0.1) is 9.39 Å². The molecule has 0 saturated carbocycles. The first kappa shape index (κ1) is 19.3. The summed E-state index contributed by atoms with van der Waals surface area (Å²) < 4.78 is 16.2. The third-order valence-corrected chi connectivity index (χ3v) is 3.84. The largest absolute Gasteiger partial charge is 0.394 e. The number of hydrogen-bond donors (Lipinski definition) is 3. The fourth-order valence-electron chi connectivity index (χ4n) is 2.04. The summed E-state index contributed by atoms with van der Waals surface area (Å²) in [6.45, 7) is 0.925. The van der Waals surface area contributed by atoms with Crippen LogP contribution in [0.3, 0.4) is 0 Å². The van der Waals surface area contributed by atoms with Gasteiger partial charge in [-0.05, 0) is 40.8 Å². The summed E-state index contributed by atoms with van der Waals surface area (Å²) in [5.41, 5.74) is 2.10. The van der Waals surface area contributed by atoms with Gasteiger partial charge in [-0.15, -0.1) is 0 Å². The van der Waals surface area contributed by atoms with Crippen molar-refractivity contribution in [2.45, 2.75) is 6.92 Å². The van der Waals surface area contributed by atoms with Gasteiger partial charge in [-0.3, -0.25) is 14.4 Å². The Morgan fingerprint density at radius 2 is 2.16 bits per heavy atom. The molecule has 1 aromatic carbocycles. The number of benzene rings is 1. The highest BCUT2D eigenvalue weighted by atomic mass is 127. The summed E-state index contributed by atoms with van der Waals surface area (Å²) in [5, 5.41) is 11.5. The van der Waals surface area contributed by atoms with E-state index in [1.807, 2.05) is 22.6 Å². The van der Waals surface area contributed by atoms with Gasteiger partial charge < -0.3 is 15.0 Å². The molecule has 2 rings (SSSR count). The van der Waals surface area contributed by atoms with E-state index in [4.69, 9.17) is 9.94 Å². The molecule has 0 radical (unpaired) electrons. The molecule has 2 aromatic rings. The lowest BCUT2D eigenvalue weighted by Crippen LogP contribution is -2.26. The Labute approximate surface area is 156 Å². The number of amides is 1. The van der Waals surface area contributed by atoms with Crippen molar-refractivity contribution in [1.82, 2.24) is 15.0 Å². The number of carbonyl (C=O) groups excluding carboxylic acids is 2. The number of Topliss-reactive ketones (excluding diaryl/α,β-unsaturated/α-hetero) is 1. The van der Waals surface area contributed by atoms with Gasteiger partial charge in [0.15, 0.2) is 17.3 Å². The SMILES string of the molecule is CC(=O)c1nc(C(=O)NOCCO)c(Nc2ccc(I)cc2F)n1C. The molecule has 0 saturated heterocycles. The molecule has 1 heterocycles. The fraction of sp³-hybridized carbons (Fsp3) is 0.267. The van der Waals surface area contributed by atoms with Crippen LogP contribution >= 0.6 is 22.6 Å². The average molecular weight is 462 g/mol. The maximum atomic E-state index is 14.1. The van der Waals surface area contributed by atoms with Crippen molar-refractivity contribution >= 4 is 45.8 Å². The molecule has 10 heteroatoms. The van der Waals surface area contributed by atoms with E-state index in [0.717, 1.165) is 0 Å². The molecule has 0 bridgehead atoms. The number of ketones is 1. The van der Waals surface area contributed by atoms with Crippen LogP contribution in [0.1, 0.15) is 28.0 Å². The van der Waals surface area contributed by atoms with Crippen LogP contribution in [0.15, 0.2) is 18.2 Å². The second kappa shape index (κ2) is 8.36. The quantitative estimate of drug-likeness (QED) is 0.251. The lowest BCUT2D eigenvalue weighted by atomic mass is 10.3. The molecule has 1 aromatic heterocycles. The minimum atomic E-state index is -0.732. The maximum Gasteiger partial charge on any atom is 0.297 e. The van der Waals surface area contributed by atoms with E-state index in [2.05, 4.69) is 15.8 Å². The van der Waals surface area contributed by atoms with Gasteiger partial charge in [0.1, 0.15) is 11.6 Å². The van der Waals surface area contributed by atoms with Crippen LogP contribution in [0.25, 0.3) is 0 Å². The van der Waals surface area contributed by atoms with E-state index >= 15 is 0 Å². The van der Waals surface area contributed by atoms with Gasteiger partial charge in [0.25, 0.3) is 5.91 Å². The molecule has 0 unspecified atom stereocenters. The van der Waals surface area contributed by atoms with Crippen LogP contribution < -0.4 is 10.8 Å². The number of carbonyl (C=O) groups is 2. The molecule has 0 spiro atoms. The monoisotopic (exact) mass is 462 g/mol. The zero-order valence-electron chi connectivity index (χ0n) is 13.5. The van der Waals surface area contributed by atoms with Crippen LogP contribution in [0.2, 0.25) is 0 Å². The first-order valence-electron chi connectivity index (χ1n) is 7.17. The average Bonchev–Trinajstić information content (AvgIpc) is 2.87. The standard InChI is InChI=1S/C15H16FIN4O4/c1-8(23)13-19-12(15(24)20-25-6-5-22)14(21(13)2)18-11-4-3-9(17)7-10(11)16/h3-4,7,18,22H,5-6H2,1-2H3,(H,20,24). The molecule has 1 amide bonds. The van der Waals surface area contributed by atoms with Crippen molar-refractivity contribution in [3.63, 3.8) is 0 Å². The maximum absolute atomic E-state index is 14.1. The van der Waals surface area contributed by atoms with Crippen molar-refractivity contribution in [1.29, 1.82) is 0 Å². The summed E-state index contributed by atoms with van der Waals surface area (Å²) in [6.07, 6.45) is 0. The molecule has 0 atom stereocenters. The Morgan fingerprint density at radius 1 is 1.44 bits per heavy atom. The van der Waals surface area contributed by atoms with Crippen molar-refractivity contribution in [2.24, 2.45) is 7.05 Å². The van der Waals surface area contributed by atoms with E-state index in [1.165, 1.54) is 30.7 Å². The third kappa shape index (κ3) is 4.52. The van der Waals surface area contributed by atoms with E-state index in [9.17, 15) is 14.0 Å². The van der Waals surface area contributed by atoms with Gasteiger partial charge >= 0.3 is 0 Å². The second-order valence-corrected chi connectivity index (χ2v) is 6.25. The molecule has 0 fully saturated rings. The molecule has 3 N–H and O–H groups in total. The summed E-state index contributed by atoms with van der Waals surface area (Å²) in [6, 6.07) is 4.54. The number of halogens is 2. The fourth-order valence-corrected chi connectivity index (χ4v) is 2.50. The number of aromatic nitrogens is 2. The molecule has 0 aliphatic heterocycles. The number of imidazole rings is 1. The van der Waals surface area contributed by atoms with Gasteiger partial charge in [0, 0.05) is 17.5 Å². The minimum Gasteiger partial charge on any atom is -0.394 e. The summed E-state index contributed by atoms with van der Waals surface area (Å²) in [5.74, 6) is -1.44. The van der Waals surface area contributed by atoms with E-state index in [-0.39, 0.29) is 42.0 Å². The van der Waals surface area contributed by atoms with Crippen LogP contribution in [0.4, 0.5) is 15.9 Å². The third-order valence-electron chi connectivity index (χ3n) is 3.17. The Kier molecular flexibility index (Phi) is 6.45. The highest BCUT2D eigenvalue weighted by Crippen LogP contribution is 2.25. The highest BCUT2D eigenvalue weighted by molar-refractivity contribution is 14.1. The first-order chi connectivity index (χ1) is 11.8. The Hall–Kier alpha value is -2.05. The molecule has 25 heavy (non-hydrogen) atoms. The first-order valence-corrected chi connectivity index (χ1v) is 8.25. The normalized spacial score (nSPS) is 10.6. The molecular weight excluding hydrogens is 446 g/mol. The van der Waals surface area contributed by atoms with Gasteiger partial charge in [0.05, 0.1) is 18.9 Å². The highest BCUT2D eigenvalue weighted by Gasteiger charge is 2.23. The van der Waals surface area contributed by atoms with Crippen LogP contribution in [-0.2, 0) is 11.9 Å². The van der Waals surface area contributed by atoms with Gasteiger partial charge in [-0.2, -0.15) is 0 Å². The number of nitrogens with one attached hydrogen (secondary N) is 2. The van der Waals surface area contributed by atoms with E-state index in [0.29, 0.717) is 3.57 Å². The Morgan fingerprint density at radius 3 is 2.76 bits per heavy atom. The molecule has 8 nitrogen and oxygen atoms in total. The summed E-state index contributed by atoms with van der Waals surface area (Å²) in [4.78, 5) is 32.7. The lowest BCUT2D eigenvalue weighted by molar-refractivity contribution is 0.0165.